The second kappa shape index (κ2) is 8.58. The zero-order valence-corrected chi connectivity index (χ0v) is 16.8. The molecule has 0 bridgehead atoms. The summed E-state index contributed by atoms with van der Waals surface area (Å²) >= 11 is 1.99. The molecule has 27 heavy (non-hydrogen) atoms. The van der Waals surface area contributed by atoms with Gasteiger partial charge in [0, 0.05) is 56.3 Å². The van der Waals surface area contributed by atoms with Crippen LogP contribution in [0.3, 0.4) is 0 Å². The van der Waals surface area contributed by atoms with E-state index in [9.17, 15) is 8.78 Å². The summed E-state index contributed by atoms with van der Waals surface area (Å²) in [4.78, 5) is 4.45. The molecule has 2 aliphatic rings. The van der Waals surface area contributed by atoms with Crippen molar-refractivity contribution in [2.45, 2.75) is 38.5 Å². The lowest BCUT2D eigenvalue weighted by molar-refractivity contribution is 0.194. The molecule has 4 rings (SSSR count). The predicted molar refractivity (Wildman–Crippen MR) is 106 cm³/mol. The summed E-state index contributed by atoms with van der Waals surface area (Å²) in [7, 11) is 4.02. The average Bonchev–Trinajstić information content (AvgIpc) is 3.18. The van der Waals surface area contributed by atoms with Crippen molar-refractivity contribution in [3.05, 3.63) is 52.9 Å². The maximum atomic E-state index is 12.2. The van der Waals surface area contributed by atoms with Crippen LogP contribution in [0.15, 0.2) is 24.4 Å². The highest BCUT2D eigenvalue weighted by molar-refractivity contribution is 7.99. The minimum absolute atomic E-state index is 0.364. The normalized spacial score (nSPS) is 22.1. The molecule has 1 aromatic heterocycles. The minimum atomic E-state index is -0.791. The van der Waals surface area contributed by atoms with E-state index in [1.54, 1.807) is 6.92 Å². The zero-order valence-electron chi connectivity index (χ0n) is 16.0. The van der Waals surface area contributed by atoms with Crippen molar-refractivity contribution in [3.63, 3.8) is 0 Å². The molecule has 2 aromatic rings. The van der Waals surface area contributed by atoms with Gasteiger partial charge >= 0.3 is 0 Å². The molecule has 0 radical (unpaired) electrons. The highest BCUT2D eigenvalue weighted by Crippen LogP contribution is 2.29. The molecule has 1 aromatic carbocycles. The third kappa shape index (κ3) is 5.00. The van der Waals surface area contributed by atoms with Crippen LogP contribution in [0.5, 0.6) is 0 Å². The Hall–Kier alpha value is -1.64. The van der Waals surface area contributed by atoms with Crippen LogP contribution in [0.2, 0.25) is 0 Å². The number of nitrogens with two attached hydrogens (primary N) is 1. The monoisotopic (exact) mass is 395 g/mol. The van der Waals surface area contributed by atoms with Crippen molar-refractivity contribution in [1.82, 2.24) is 14.8 Å². The van der Waals surface area contributed by atoms with E-state index in [4.69, 9.17) is 5.73 Å². The summed E-state index contributed by atoms with van der Waals surface area (Å²) in [5, 5.41) is 6.61. The lowest BCUT2D eigenvalue weighted by Crippen LogP contribution is -2.43. The van der Waals surface area contributed by atoms with E-state index in [0.29, 0.717) is 12.1 Å². The molecule has 8 heteroatoms. The Bertz CT molecular complexity index is 756. The second-order valence-corrected chi connectivity index (χ2v) is 8.45. The molecule has 2 aliphatic heterocycles. The van der Waals surface area contributed by atoms with Gasteiger partial charge in [0.05, 0.1) is 11.9 Å². The van der Waals surface area contributed by atoms with Crippen LogP contribution in [0, 0.1) is 18.6 Å². The standard InChI is InChI=1S/C12H21N5S.C7H6F2/c1-15(2)17-5-9-4-16(6-12(9)14-17)11-3-10(13)7-18-8-11;1-5-2-3-6(8)7(9)4-5/h5,10-11H,3-4,6-8,13H2,1-2H3;2-4H,1H3. The lowest BCUT2D eigenvalue weighted by Gasteiger charge is -2.33. The van der Waals surface area contributed by atoms with Crippen molar-refractivity contribution >= 4 is 11.8 Å². The molecule has 1 fully saturated rings. The molecule has 0 spiro atoms. The Labute approximate surface area is 163 Å². The van der Waals surface area contributed by atoms with Crippen LogP contribution in [0.1, 0.15) is 23.2 Å². The van der Waals surface area contributed by atoms with Crippen molar-refractivity contribution in [1.29, 1.82) is 0 Å². The van der Waals surface area contributed by atoms with E-state index in [1.807, 2.05) is 35.7 Å². The van der Waals surface area contributed by atoms with Gasteiger partial charge in [-0.2, -0.15) is 21.7 Å². The third-order valence-electron chi connectivity index (χ3n) is 4.81. The van der Waals surface area contributed by atoms with Gasteiger partial charge in [-0.25, -0.2) is 8.78 Å². The fourth-order valence-corrected chi connectivity index (χ4v) is 4.52. The molecular weight excluding hydrogens is 368 g/mol. The van der Waals surface area contributed by atoms with Crippen LogP contribution in [-0.4, -0.2) is 52.5 Å². The van der Waals surface area contributed by atoms with Gasteiger partial charge in [0.25, 0.3) is 0 Å². The predicted octanol–water partition coefficient (Wildman–Crippen LogP) is 2.50. The van der Waals surface area contributed by atoms with E-state index in [-0.39, 0.29) is 0 Å². The second-order valence-electron chi connectivity index (χ2n) is 7.38. The summed E-state index contributed by atoms with van der Waals surface area (Å²) in [6.45, 7) is 3.72. The molecule has 2 unspecified atom stereocenters. The van der Waals surface area contributed by atoms with Gasteiger partial charge in [-0.15, -0.1) is 0 Å². The quantitative estimate of drug-likeness (QED) is 0.847. The molecular formula is C19H27F2N5S. The van der Waals surface area contributed by atoms with Gasteiger partial charge in [0.1, 0.15) is 0 Å². The summed E-state index contributed by atoms with van der Waals surface area (Å²) < 4.78 is 24.3. The fraction of sp³-hybridized carbons (Fsp3) is 0.526. The topological polar surface area (TPSA) is 50.3 Å². The maximum Gasteiger partial charge on any atom is 0.159 e. The summed E-state index contributed by atoms with van der Waals surface area (Å²) in [6, 6.07) is 4.79. The highest BCUT2D eigenvalue weighted by atomic mass is 32.2. The third-order valence-corrected chi connectivity index (χ3v) is 6.09. The first-order valence-corrected chi connectivity index (χ1v) is 10.2. The first-order chi connectivity index (χ1) is 12.8. The van der Waals surface area contributed by atoms with Crippen molar-refractivity contribution in [3.8, 4) is 0 Å². The molecule has 1 saturated heterocycles. The van der Waals surface area contributed by atoms with Crippen LogP contribution in [0.4, 0.5) is 8.78 Å². The van der Waals surface area contributed by atoms with Gasteiger partial charge in [-0.3, -0.25) is 4.90 Å². The first-order valence-electron chi connectivity index (χ1n) is 9.07. The molecule has 0 aliphatic carbocycles. The molecule has 3 heterocycles. The minimum Gasteiger partial charge on any atom is -0.327 e. The van der Waals surface area contributed by atoms with E-state index in [2.05, 4.69) is 16.2 Å². The molecule has 0 saturated carbocycles. The van der Waals surface area contributed by atoms with E-state index < -0.39 is 11.6 Å². The van der Waals surface area contributed by atoms with Crippen molar-refractivity contribution in [2.75, 3.05) is 30.6 Å². The number of fused-ring (bicyclic) bond motifs is 1. The van der Waals surface area contributed by atoms with Gasteiger partial charge in [-0.05, 0) is 31.0 Å². The van der Waals surface area contributed by atoms with Crippen LogP contribution < -0.4 is 10.7 Å². The number of hydrogen-bond donors (Lipinski definition) is 1. The van der Waals surface area contributed by atoms with Gasteiger partial charge in [-0.1, -0.05) is 6.07 Å². The maximum absolute atomic E-state index is 12.2. The smallest absolute Gasteiger partial charge is 0.159 e. The Kier molecular flexibility index (Phi) is 6.39. The largest absolute Gasteiger partial charge is 0.327 e. The number of aromatic nitrogens is 2. The summed E-state index contributed by atoms with van der Waals surface area (Å²) in [6.07, 6.45) is 3.27. The van der Waals surface area contributed by atoms with Crippen molar-refractivity contribution < 1.29 is 8.78 Å². The van der Waals surface area contributed by atoms with Crippen LogP contribution in [-0.2, 0) is 13.1 Å². The molecule has 0 amide bonds. The number of hydrogen-bond acceptors (Lipinski definition) is 5. The Morgan fingerprint density at radius 1 is 1.19 bits per heavy atom. The van der Waals surface area contributed by atoms with Gasteiger partial charge in [0.15, 0.2) is 11.6 Å². The molecule has 148 valence electrons. The molecule has 5 nitrogen and oxygen atoms in total. The summed E-state index contributed by atoms with van der Waals surface area (Å²) in [5.41, 5.74) is 9.39. The van der Waals surface area contributed by atoms with Crippen LogP contribution >= 0.6 is 11.8 Å². The number of halogens is 2. The molecule has 2 N–H and O–H groups in total. The highest BCUT2D eigenvalue weighted by Gasteiger charge is 2.31. The first kappa shape index (κ1) is 20.1. The summed E-state index contributed by atoms with van der Waals surface area (Å²) in [5.74, 6) is 0.754. The number of rotatable bonds is 2. The van der Waals surface area contributed by atoms with E-state index in [1.165, 1.54) is 23.1 Å². The van der Waals surface area contributed by atoms with Crippen LogP contribution in [0.25, 0.3) is 0 Å². The van der Waals surface area contributed by atoms with E-state index >= 15 is 0 Å². The number of benzene rings is 1. The average molecular weight is 396 g/mol. The molecule has 2 atom stereocenters. The Morgan fingerprint density at radius 2 is 1.96 bits per heavy atom. The number of nitrogens with zero attached hydrogens (tertiary/aromatic N) is 4. The fourth-order valence-electron chi connectivity index (χ4n) is 3.32. The Balaban J connectivity index is 0.000000197. The number of thioether (sulfide) groups is 1. The van der Waals surface area contributed by atoms with Gasteiger partial charge in [0.2, 0.25) is 0 Å². The van der Waals surface area contributed by atoms with Crippen molar-refractivity contribution in [2.24, 2.45) is 5.73 Å². The zero-order chi connectivity index (χ0) is 19.6. The Morgan fingerprint density at radius 3 is 2.56 bits per heavy atom. The lowest BCUT2D eigenvalue weighted by atomic mass is 10.1. The van der Waals surface area contributed by atoms with E-state index in [0.717, 1.165) is 43.0 Å². The SMILES string of the molecule is CN(C)n1cc2c(n1)CN(C1CSCC(N)C1)C2.Cc1ccc(F)c(F)c1. The van der Waals surface area contributed by atoms with Gasteiger partial charge < -0.3 is 10.7 Å². The number of aryl methyl sites for hydroxylation is 1.